The molecule has 2 aromatic carbocycles. The highest BCUT2D eigenvalue weighted by molar-refractivity contribution is 7.88. The molecule has 0 saturated carbocycles. The van der Waals surface area contributed by atoms with E-state index in [4.69, 9.17) is 11.5 Å². The first-order valence-electron chi connectivity index (χ1n) is 9.61. The van der Waals surface area contributed by atoms with Crippen LogP contribution in [0.5, 0.6) is 0 Å². The number of sulfonamides is 1. The molecule has 0 saturated heterocycles. The Hall–Kier alpha value is -3.59. The average Bonchev–Trinajstić information content (AvgIpc) is 2.75. The maximum absolute atomic E-state index is 12.3. The first-order chi connectivity index (χ1) is 15.6. The topological polar surface area (TPSA) is 215 Å². The van der Waals surface area contributed by atoms with Crippen LogP contribution < -0.4 is 26.8 Å². The van der Waals surface area contributed by atoms with Crippen molar-refractivity contribution in [1.29, 1.82) is 0 Å². The van der Waals surface area contributed by atoms with Gasteiger partial charge in [-0.25, -0.2) is 13.4 Å². The van der Waals surface area contributed by atoms with Gasteiger partial charge in [0.1, 0.15) is 0 Å². The molecular formula is C19H25N7O6S. The number of benzene rings is 2. The van der Waals surface area contributed by atoms with Crippen LogP contribution in [0.2, 0.25) is 0 Å². The molecule has 0 aromatic heterocycles. The van der Waals surface area contributed by atoms with E-state index in [0.29, 0.717) is 5.69 Å². The third-order valence-corrected chi connectivity index (χ3v) is 5.53. The number of hydrogen-bond acceptors (Lipinski definition) is 8. The molecule has 8 N–H and O–H groups in total. The first kappa shape index (κ1) is 25.7. The highest BCUT2D eigenvalue weighted by Gasteiger charge is 2.19. The normalized spacial score (nSPS) is 12.0. The van der Waals surface area contributed by atoms with Crippen LogP contribution in [0, 0.1) is 10.1 Å². The molecule has 0 heterocycles. The van der Waals surface area contributed by atoms with Crippen molar-refractivity contribution in [2.24, 2.45) is 16.5 Å². The molecule has 13 nitrogen and oxygen atoms in total. The fourth-order valence-corrected chi connectivity index (χ4v) is 3.99. The second kappa shape index (κ2) is 11.9. The molecule has 0 radical (unpaired) electrons. The van der Waals surface area contributed by atoms with Gasteiger partial charge in [0.05, 0.1) is 35.7 Å². The number of aliphatic hydroxyl groups excluding tert-OH is 1. The molecule has 0 aliphatic heterocycles. The number of nitrogens with two attached hydrogens (primary N) is 2. The number of amides is 1. The lowest BCUT2D eigenvalue weighted by Crippen LogP contribution is -2.50. The van der Waals surface area contributed by atoms with E-state index in [9.17, 15) is 28.4 Å². The van der Waals surface area contributed by atoms with Crippen molar-refractivity contribution in [3.8, 4) is 0 Å². The smallest absolute Gasteiger partial charge is 0.269 e. The number of nitrogens with one attached hydrogen (secondary N) is 3. The number of hydrogen-bond donors (Lipinski definition) is 6. The van der Waals surface area contributed by atoms with Crippen LogP contribution in [0.25, 0.3) is 0 Å². The quantitative estimate of drug-likeness (QED) is 0.0733. The maximum Gasteiger partial charge on any atom is 0.269 e. The fraction of sp³-hybridized carbons (Fsp3) is 0.263. The lowest BCUT2D eigenvalue weighted by Gasteiger charge is -2.18. The Bertz CT molecular complexity index is 1100. The van der Waals surface area contributed by atoms with Gasteiger partial charge in [-0.3, -0.25) is 20.2 Å². The van der Waals surface area contributed by atoms with Gasteiger partial charge in [-0.05, 0) is 23.3 Å². The summed E-state index contributed by atoms with van der Waals surface area (Å²) in [5, 5.41) is 25.5. The molecule has 178 valence electrons. The molecule has 1 unspecified atom stereocenters. The Labute approximate surface area is 190 Å². The van der Waals surface area contributed by atoms with E-state index in [-0.39, 0.29) is 30.3 Å². The lowest BCUT2D eigenvalue weighted by atomic mass is 10.2. The highest BCUT2D eigenvalue weighted by atomic mass is 32.2. The number of aliphatic hydroxyl groups is 1. The molecule has 0 bridgehead atoms. The van der Waals surface area contributed by atoms with Crippen molar-refractivity contribution in [1.82, 2.24) is 15.4 Å². The van der Waals surface area contributed by atoms with Crippen LogP contribution in [0.3, 0.4) is 0 Å². The summed E-state index contributed by atoms with van der Waals surface area (Å²) in [5.41, 5.74) is 11.9. The lowest BCUT2D eigenvalue weighted by molar-refractivity contribution is -0.384. The van der Waals surface area contributed by atoms with Crippen LogP contribution in [0.15, 0.2) is 53.5 Å². The molecule has 0 aliphatic carbocycles. The van der Waals surface area contributed by atoms with E-state index in [1.807, 2.05) is 0 Å². The molecule has 33 heavy (non-hydrogen) atoms. The van der Waals surface area contributed by atoms with Crippen molar-refractivity contribution in [2.45, 2.75) is 18.5 Å². The minimum atomic E-state index is -3.96. The van der Waals surface area contributed by atoms with Gasteiger partial charge >= 0.3 is 0 Å². The zero-order valence-electron chi connectivity index (χ0n) is 17.5. The Kier molecular flexibility index (Phi) is 9.23. The maximum atomic E-state index is 12.3. The van der Waals surface area contributed by atoms with E-state index in [2.05, 4.69) is 20.3 Å². The van der Waals surface area contributed by atoms with Crippen molar-refractivity contribution in [2.75, 3.05) is 13.2 Å². The molecule has 0 aliphatic rings. The molecule has 2 aromatic rings. The summed E-state index contributed by atoms with van der Waals surface area (Å²) in [4.78, 5) is 26.2. The van der Waals surface area contributed by atoms with Gasteiger partial charge in [0.15, 0.2) is 5.96 Å². The third-order valence-electron chi connectivity index (χ3n) is 4.18. The standard InChI is InChI=1S/C19H25N7O6S/c20-19(21)24-15-6-4-13(5-7-15)9-23-18(28)10-22-17(11-27)25-33(31,32)12-14-2-1-3-16(8-14)26(29)30/h1-8,17,22,25,27H,9-12H2,(H,23,28)(H4,20,21,24). The second-order valence-corrected chi connectivity index (χ2v) is 8.65. The fourth-order valence-electron chi connectivity index (χ4n) is 2.70. The average molecular weight is 480 g/mol. The van der Waals surface area contributed by atoms with Gasteiger partial charge in [-0.1, -0.05) is 24.3 Å². The molecule has 0 fully saturated rings. The number of non-ortho nitro benzene ring substituents is 1. The number of nitro groups is 1. The van der Waals surface area contributed by atoms with Crippen molar-refractivity contribution >= 4 is 33.3 Å². The highest BCUT2D eigenvalue weighted by Crippen LogP contribution is 2.15. The van der Waals surface area contributed by atoms with Crippen molar-refractivity contribution in [3.63, 3.8) is 0 Å². The van der Waals surface area contributed by atoms with Gasteiger partial charge in [0, 0.05) is 18.7 Å². The van der Waals surface area contributed by atoms with Crippen LogP contribution in [-0.4, -0.2) is 49.6 Å². The number of guanidine groups is 1. The van der Waals surface area contributed by atoms with E-state index in [1.165, 1.54) is 18.2 Å². The van der Waals surface area contributed by atoms with Gasteiger partial charge in [-0.2, -0.15) is 4.72 Å². The summed E-state index contributed by atoms with van der Waals surface area (Å²) < 4.78 is 26.9. The Balaban J connectivity index is 1.83. The Morgan fingerprint density at radius 2 is 1.85 bits per heavy atom. The zero-order valence-corrected chi connectivity index (χ0v) is 18.3. The number of aliphatic imine (C=N–C) groups is 1. The van der Waals surface area contributed by atoms with Crippen LogP contribution in [0.4, 0.5) is 11.4 Å². The SMILES string of the molecule is NC(N)=Nc1ccc(CNC(=O)CNC(CO)NS(=O)(=O)Cc2cccc([N+](=O)[O-])c2)cc1. The van der Waals surface area contributed by atoms with Gasteiger partial charge in [0.2, 0.25) is 15.9 Å². The number of nitro benzene ring substituents is 1. The van der Waals surface area contributed by atoms with Crippen molar-refractivity contribution in [3.05, 3.63) is 69.8 Å². The van der Waals surface area contributed by atoms with Gasteiger partial charge in [0.25, 0.3) is 5.69 Å². The summed E-state index contributed by atoms with van der Waals surface area (Å²) >= 11 is 0. The number of nitrogens with zero attached hydrogens (tertiary/aromatic N) is 2. The number of rotatable bonds is 12. The molecule has 0 spiro atoms. The molecule has 2 rings (SSSR count). The third kappa shape index (κ3) is 9.20. The minimum Gasteiger partial charge on any atom is -0.393 e. The van der Waals surface area contributed by atoms with E-state index in [1.54, 1.807) is 24.3 Å². The summed E-state index contributed by atoms with van der Waals surface area (Å²) in [6, 6.07) is 12.0. The molecule has 1 atom stereocenters. The van der Waals surface area contributed by atoms with E-state index < -0.39 is 39.4 Å². The number of carbonyl (C=O) groups is 1. The zero-order chi connectivity index (χ0) is 24.4. The summed E-state index contributed by atoms with van der Waals surface area (Å²) in [6.45, 7) is -0.671. The van der Waals surface area contributed by atoms with E-state index in [0.717, 1.165) is 11.6 Å². The Morgan fingerprint density at radius 1 is 1.15 bits per heavy atom. The van der Waals surface area contributed by atoms with Crippen LogP contribution >= 0.6 is 0 Å². The Morgan fingerprint density at radius 3 is 2.45 bits per heavy atom. The van der Waals surface area contributed by atoms with Gasteiger partial charge < -0.3 is 21.9 Å². The van der Waals surface area contributed by atoms with Crippen molar-refractivity contribution < 1.29 is 23.2 Å². The molecular weight excluding hydrogens is 454 g/mol. The second-order valence-electron chi connectivity index (χ2n) is 6.90. The minimum absolute atomic E-state index is 0.0683. The summed E-state index contributed by atoms with van der Waals surface area (Å²) in [6.07, 6.45) is -1.13. The first-order valence-corrected chi connectivity index (χ1v) is 11.3. The monoisotopic (exact) mass is 479 g/mol. The number of carbonyl (C=O) groups excluding carboxylic acids is 1. The summed E-state index contributed by atoms with van der Waals surface area (Å²) in [7, 11) is -3.96. The van der Waals surface area contributed by atoms with Crippen LogP contribution in [0.1, 0.15) is 11.1 Å². The largest absolute Gasteiger partial charge is 0.393 e. The predicted molar refractivity (Wildman–Crippen MR) is 121 cm³/mol. The van der Waals surface area contributed by atoms with Gasteiger partial charge in [-0.15, -0.1) is 0 Å². The molecule has 1 amide bonds. The molecule has 14 heteroatoms. The predicted octanol–water partition coefficient (Wildman–Crippen LogP) is -0.856. The summed E-state index contributed by atoms with van der Waals surface area (Å²) in [5.74, 6) is -1.03. The van der Waals surface area contributed by atoms with E-state index >= 15 is 0 Å². The van der Waals surface area contributed by atoms with Crippen LogP contribution in [-0.2, 0) is 27.1 Å².